The first kappa shape index (κ1) is 14.4. The minimum Gasteiger partial charge on any atom is -0.507 e. The van der Waals surface area contributed by atoms with E-state index in [0.29, 0.717) is 0 Å². The number of carboxylic acids is 1. The van der Waals surface area contributed by atoms with Crippen molar-refractivity contribution < 1.29 is 24.9 Å². The molecule has 6 nitrogen and oxygen atoms in total. The number of carbonyl (C=O) groups is 2. The molecule has 2 rings (SSSR count). The van der Waals surface area contributed by atoms with E-state index in [-0.39, 0.29) is 39.4 Å². The lowest BCUT2D eigenvalue weighted by Crippen LogP contribution is -2.10. The van der Waals surface area contributed by atoms with Crippen molar-refractivity contribution in [3.05, 3.63) is 52.6 Å². The molecule has 0 heterocycles. The number of phenols is 2. The van der Waals surface area contributed by atoms with Gasteiger partial charge in [-0.3, -0.25) is 4.79 Å². The van der Waals surface area contributed by atoms with Crippen LogP contribution >= 0.6 is 0 Å². The van der Waals surface area contributed by atoms with Gasteiger partial charge in [0.25, 0.3) is 0 Å². The van der Waals surface area contributed by atoms with Crippen LogP contribution in [0.1, 0.15) is 31.8 Å². The molecule has 0 aliphatic heterocycles. The predicted molar refractivity (Wildman–Crippen MR) is 75.8 cm³/mol. The summed E-state index contributed by atoms with van der Waals surface area (Å²) in [6.45, 7) is 1.51. The van der Waals surface area contributed by atoms with E-state index in [2.05, 4.69) is 0 Å². The van der Waals surface area contributed by atoms with Crippen LogP contribution in [-0.2, 0) is 0 Å². The number of carboxylic acid groups (broad SMARTS) is 1. The van der Waals surface area contributed by atoms with Crippen molar-refractivity contribution in [2.45, 2.75) is 6.92 Å². The predicted octanol–water partition coefficient (Wildman–Crippen LogP) is 1.92. The highest BCUT2D eigenvalue weighted by Gasteiger charge is 2.22. The van der Waals surface area contributed by atoms with Crippen LogP contribution in [0, 0.1) is 6.92 Å². The fourth-order valence-corrected chi connectivity index (χ4v) is 2.06. The minimum absolute atomic E-state index is 0.0248. The first-order valence-corrected chi connectivity index (χ1v) is 6.02. The summed E-state index contributed by atoms with van der Waals surface area (Å²) in [7, 11) is 0. The van der Waals surface area contributed by atoms with Gasteiger partial charge >= 0.3 is 5.97 Å². The average molecular weight is 287 g/mol. The smallest absolute Gasteiger partial charge is 0.337 e. The van der Waals surface area contributed by atoms with Gasteiger partial charge in [0, 0.05) is 11.3 Å². The van der Waals surface area contributed by atoms with Gasteiger partial charge in [0.2, 0.25) is 5.78 Å². The largest absolute Gasteiger partial charge is 0.507 e. The highest BCUT2D eigenvalue weighted by molar-refractivity contribution is 6.14. The summed E-state index contributed by atoms with van der Waals surface area (Å²) < 4.78 is 0. The number of nitrogen functional groups attached to an aromatic ring is 1. The number of carbonyl (C=O) groups excluding carboxylic acids is 1. The second-order valence-electron chi connectivity index (χ2n) is 4.50. The van der Waals surface area contributed by atoms with Crippen LogP contribution in [-0.4, -0.2) is 27.1 Å². The maximum absolute atomic E-state index is 12.4. The van der Waals surface area contributed by atoms with Crippen molar-refractivity contribution in [3.63, 3.8) is 0 Å². The number of hydrogen-bond acceptors (Lipinski definition) is 5. The second kappa shape index (κ2) is 5.16. The maximum atomic E-state index is 12.4. The number of rotatable bonds is 3. The lowest BCUT2D eigenvalue weighted by atomic mass is 9.94. The highest BCUT2D eigenvalue weighted by atomic mass is 16.4. The van der Waals surface area contributed by atoms with Crippen molar-refractivity contribution in [1.82, 2.24) is 0 Å². The lowest BCUT2D eigenvalue weighted by Gasteiger charge is -2.12. The summed E-state index contributed by atoms with van der Waals surface area (Å²) in [5.74, 6) is -2.55. The van der Waals surface area contributed by atoms with Gasteiger partial charge < -0.3 is 21.1 Å². The molecule has 0 atom stereocenters. The van der Waals surface area contributed by atoms with E-state index < -0.39 is 11.8 Å². The Labute approximate surface area is 120 Å². The molecule has 0 bridgehead atoms. The maximum Gasteiger partial charge on any atom is 0.337 e. The van der Waals surface area contributed by atoms with Gasteiger partial charge in [-0.2, -0.15) is 0 Å². The summed E-state index contributed by atoms with van der Waals surface area (Å²) in [5.41, 5.74) is 5.74. The molecule has 0 unspecified atom stereocenters. The summed E-state index contributed by atoms with van der Waals surface area (Å²) in [4.78, 5) is 23.4. The van der Waals surface area contributed by atoms with E-state index >= 15 is 0 Å². The first-order chi connectivity index (χ1) is 9.84. The zero-order valence-electron chi connectivity index (χ0n) is 11.1. The van der Waals surface area contributed by atoms with Gasteiger partial charge in [-0.05, 0) is 36.8 Å². The van der Waals surface area contributed by atoms with Crippen LogP contribution in [0.25, 0.3) is 0 Å². The number of aromatic carboxylic acids is 1. The zero-order valence-corrected chi connectivity index (χ0v) is 11.1. The molecule has 0 radical (unpaired) electrons. The molecule has 0 aromatic heterocycles. The third-order valence-corrected chi connectivity index (χ3v) is 3.24. The Kier molecular flexibility index (Phi) is 3.54. The van der Waals surface area contributed by atoms with E-state index in [1.54, 1.807) is 0 Å². The molecule has 0 saturated heterocycles. The van der Waals surface area contributed by atoms with Crippen LogP contribution in [0.2, 0.25) is 0 Å². The Morgan fingerprint density at radius 2 is 1.52 bits per heavy atom. The van der Waals surface area contributed by atoms with Crippen LogP contribution in [0.5, 0.6) is 11.5 Å². The average Bonchev–Trinajstić information content (AvgIpc) is 2.41. The number of benzene rings is 2. The number of anilines is 1. The molecule has 0 aliphatic rings. The summed E-state index contributed by atoms with van der Waals surface area (Å²) in [6.07, 6.45) is 0. The van der Waals surface area contributed by atoms with Crippen LogP contribution in [0.4, 0.5) is 5.69 Å². The van der Waals surface area contributed by atoms with Gasteiger partial charge in [-0.15, -0.1) is 0 Å². The van der Waals surface area contributed by atoms with Gasteiger partial charge in [-0.1, -0.05) is 6.07 Å². The molecule has 21 heavy (non-hydrogen) atoms. The molecule has 5 N–H and O–H groups in total. The van der Waals surface area contributed by atoms with Crippen molar-refractivity contribution in [1.29, 1.82) is 0 Å². The van der Waals surface area contributed by atoms with E-state index in [9.17, 15) is 19.8 Å². The number of hydrogen-bond donors (Lipinski definition) is 4. The monoisotopic (exact) mass is 287 g/mol. The SMILES string of the molecule is Cc1c(C(=O)c2c(O)cccc2O)ccc(C(=O)O)c1N. The Bertz CT molecular complexity index is 732. The molecular formula is C15H13NO5. The van der Waals surface area contributed by atoms with Crippen molar-refractivity contribution >= 4 is 17.4 Å². The second-order valence-corrected chi connectivity index (χ2v) is 4.50. The standard InChI is InChI=1S/C15H13NO5/c1-7-8(5-6-9(13(7)16)15(20)21)14(19)12-10(17)3-2-4-11(12)18/h2-6,17-18H,16H2,1H3,(H,20,21). The molecule has 108 valence electrons. The molecule has 0 saturated carbocycles. The van der Waals surface area contributed by atoms with Gasteiger partial charge in [0.1, 0.15) is 17.1 Å². The van der Waals surface area contributed by atoms with Crippen LogP contribution in [0.15, 0.2) is 30.3 Å². The van der Waals surface area contributed by atoms with Crippen LogP contribution < -0.4 is 5.73 Å². The summed E-state index contributed by atoms with van der Waals surface area (Å²) >= 11 is 0. The molecule has 6 heteroatoms. The minimum atomic E-state index is -1.19. The number of phenolic OH excluding ortho intramolecular Hbond substituents is 2. The number of aromatic hydroxyl groups is 2. The highest BCUT2D eigenvalue weighted by Crippen LogP contribution is 2.31. The molecule has 0 fully saturated rings. The van der Waals surface area contributed by atoms with E-state index in [1.807, 2.05) is 0 Å². The first-order valence-electron chi connectivity index (χ1n) is 6.02. The molecule has 0 amide bonds. The Balaban J connectivity index is 2.60. The quantitative estimate of drug-likeness (QED) is 0.505. The fraction of sp³-hybridized carbons (Fsp3) is 0.0667. The Hall–Kier alpha value is -3.02. The van der Waals surface area contributed by atoms with Gasteiger partial charge in [0.05, 0.1) is 5.56 Å². The number of nitrogens with two attached hydrogens (primary N) is 1. The van der Waals surface area contributed by atoms with Crippen LogP contribution in [0.3, 0.4) is 0 Å². The topological polar surface area (TPSA) is 121 Å². The summed E-state index contributed by atoms with van der Waals surface area (Å²) in [6, 6.07) is 6.48. The normalized spacial score (nSPS) is 10.3. The molecule has 0 spiro atoms. The van der Waals surface area contributed by atoms with Gasteiger partial charge in [0.15, 0.2) is 0 Å². The van der Waals surface area contributed by atoms with Crippen molar-refractivity contribution in [2.75, 3.05) is 5.73 Å². The third-order valence-electron chi connectivity index (χ3n) is 3.24. The Morgan fingerprint density at radius 1 is 1.00 bits per heavy atom. The summed E-state index contributed by atoms with van der Waals surface area (Å²) in [5, 5.41) is 28.4. The molecule has 2 aromatic carbocycles. The molecule has 0 aliphatic carbocycles. The van der Waals surface area contributed by atoms with Gasteiger partial charge in [-0.25, -0.2) is 4.79 Å². The van der Waals surface area contributed by atoms with Crippen molar-refractivity contribution in [3.8, 4) is 11.5 Å². The van der Waals surface area contributed by atoms with E-state index in [1.165, 1.54) is 37.3 Å². The third kappa shape index (κ3) is 2.38. The fourth-order valence-electron chi connectivity index (χ4n) is 2.06. The van der Waals surface area contributed by atoms with Crippen molar-refractivity contribution in [2.24, 2.45) is 0 Å². The Morgan fingerprint density at radius 3 is 2.05 bits per heavy atom. The molecular weight excluding hydrogens is 274 g/mol. The van der Waals surface area contributed by atoms with E-state index in [4.69, 9.17) is 10.8 Å². The zero-order chi connectivity index (χ0) is 15.7. The lowest BCUT2D eigenvalue weighted by molar-refractivity contribution is 0.0697. The number of ketones is 1. The molecule has 2 aromatic rings. The van der Waals surface area contributed by atoms with E-state index in [0.717, 1.165) is 0 Å².